The first-order valence-corrected chi connectivity index (χ1v) is 30.6. The molecule has 12 heteroatoms. The average Bonchev–Trinajstić information content (AvgIpc) is 3.39. The first-order valence-electron chi connectivity index (χ1n) is 30.6. The molecular weight excluding hydrogens is 949 g/mol. The van der Waals surface area contributed by atoms with Crippen LogP contribution >= 0.6 is 0 Å². The average molecular weight is 1060 g/mol. The highest BCUT2D eigenvalue weighted by Gasteiger charge is 2.50. The lowest BCUT2D eigenvalue weighted by atomic mass is 9.98. The molecule has 1 aliphatic heterocycles. The van der Waals surface area contributed by atoms with E-state index in [2.05, 4.69) is 69.4 Å². The molecule has 3 N–H and O–H groups in total. The normalized spacial score (nSPS) is 18.4. The van der Waals surface area contributed by atoms with Gasteiger partial charge in [0.1, 0.15) is 18.8 Å². The maximum atomic E-state index is 13.1. The molecule has 0 amide bonds. The lowest BCUT2D eigenvalue weighted by Gasteiger charge is -2.40. The first kappa shape index (κ1) is 69.7. The van der Waals surface area contributed by atoms with Gasteiger partial charge in [-0.15, -0.1) is 0 Å². The molecule has 0 aromatic carbocycles. The van der Waals surface area contributed by atoms with Crippen LogP contribution in [-0.2, 0) is 42.9 Å². The van der Waals surface area contributed by atoms with E-state index in [-0.39, 0.29) is 25.9 Å². The van der Waals surface area contributed by atoms with Crippen LogP contribution < -0.4 is 0 Å². The Balaban J connectivity index is 2.61. The molecule has 75 heavy (non-hydrogen) atoms. The number of hydrogen-bond donors (Lipinski definition) is 3. The van der Waals surface area contributed by atoms with Gasteiger partial charge in [-0.3, -0.25) is 14.4 Å². The van der Waals surface area contributed by atoms with Crippen molar-refractivity contribution in [3.8, 4) is 0 Å². The van der Waals surface area contributed by atoms with Crippen molar-refractivity contribution in [1.29, 1.82) is 0 Å². The van der Waals surface area contributed by atoms with Crippen molar-refractivity contribution in [2.75, 3.05) is 13.2 Å². The van der Waals surface area contributed by atoms with Gasteiger partial charge in [0.25, 0.3) is 0 Å². The summed E-state index contributed by atoms with van der Waals surface area (Å²) in [5, 5.41) is 31.5. The highest BCUT2D eigenvalue weighted by atomic mass is 16.7. The summed E-state index contributed by atoms with van der Waals surface area (Å²) in [5.74, 6) is -3.12. The lowest BCUT2D eigenvalue weighted by Crippen LogP contribution is -2.61. The molecule has 0 bridgehead atoms. The van der Waals surface area contributed by atoms with Crippen molar-refractivity contribution in [3.63, 3.8) is 0 Å². The van der Waals surface area contributed by atoms with Gasteiger partial charge < -0.3 is 39.0 Å². The molecule has 0 spiro atoms. The minimum atomic E-state index is -1.91. The van der Waals surface area contributed by atoms with Gasteiger partial charge in [0, 0.05) is 19.3 Å². The summed E-state index contributed by atoms with van der Waals surface area (Å²) < 4.78 is 28.4. The molecule has 1 rings (SSSR count). The molecule has 1 heterocycles. The van der Waals surface area contributed by atoms with Gasteiger partial charge in [-0.25, -0.2) is 4.79 Å². The predicted molar refractivity (Wildman–Crippen MR) is 303 cm³/mol. The van der Waals surface area contributed by atoms with Crippen LogP contribution in [-0.4, -0.2) is 89.2 Å². The highest BCUT2D eigenvalue weighted by Crippen LogP contribution is 2.27. The number of carboxylic acid groups (broad SMARTS) is 1. The van der Waals surface area contributed by atoms with Crippen molar-refractivity contribution in [1.82, 2.24) is 0 Å². The Morgan fingerprint density at radius 1 is 0.453 bits per heavy atom. The summed E-state index contributed by atoms with van der Waals surface area (Å²) in [5.41, 5.74) is 0. The van der Waals surface area contributed by atoms with Gasteiger partial charge in [-0.2, -0.15) is 0 Å². The predicted octanol–water partition coefficient (Wildman–Crippen LogP) is 15.8. The minimum absolute atomic E-state index is 0.0465. The monoisotopic (exact) mass is 1060 g/mol. The Labute approximate surface area is 456 Å². The molecule has 0 aromatic heterocycles. The molecule has 6 atom stereocenters. The number of carboxylic acids is 1. The fraction of sp³-hybridized carbons (Fsp3) is 0.810. The van der Waals surface area contributed by atoms with E-state index in [0.717, 1.165) is 103 Å². The van der Waals surface area contributed by atoms with E-state index >= 15 is 0 Å². The Morgan fingerprint density at radius 2 is 0.840 bits per heavy atom. The molecule has 0 aliphatic carbocycles. The van der Waals surface area contributed by atoms with Crippen molar-refractivity contribution < 1.29 is 58.2 Å². The number of carbonyl (C=O) groups is 4. The van der Waals surface area contributed by atoms with Gasteiger partial charge in [-0.1, -0.05) is 249 Å². The van der Waals surface area contributed by atoms with Gasteiger partial charge >= 0.3 is 23.9 Å². The zero-order chi connectivity index (χ0) is 54.7. The molecule has 0 saturated carbocycles. The molecule has 0 radical (unpaired) electrons. The number of rotatable bonds is 52. The Morgan fingerprint density at radius 3 is 1.28 bits per heavy atom. The van der Waals surface area contributed by atoms with Crippen LogP contribution in [0.4, 0.5) is 0 Å². The van der Waals surface area contributed by atoms with Crippen LogP contribution in [0.5, 0.6) is 0 Å². The molecule has 12 nitrogen and oxygen atoms in total. The smallest absolute Gasteiger partial charge is 0.335 e. The van der Waals surface area contributed by atoms with Crippen LogP contribution in [0.3, 0.4) is 0 Å². The number of aliphatic hydroxyl groups is 2. The number of unbranched alkanes of at least 4 members (excludes halogenated alkanes) is 30. The van der Waals surface area contributed by atoms with Crippen molar-refractivity contribution in [3.05, 3.63) is 48.6 Å². The maximum absolute atomic E-state index is 13.1. The van der Waals surface area contributed by atoms with Gasteiger partial charge in [0.2, 0.25) is 0 Å². The Hall–Kier alpha value is -3.32. The molecule has 1 saturated heterocycles. The number of esters is 3. The van der Waals surface area contributed by atoms with E-state index in [1.807, 2.05) is 0 Å². The third kappa shape index (κ3) is 41.5. The van der Waals surface area contributed by atoms with E-state index in [1.165, 1.54) is 116 Å². The number of allylic oxidation sites excluding steroid dienone is 8. The second kappa shape index (κ2) is 51.4. The number of aliphatic hydroxyl groups excluding tert-OH is 2. The molecule has 6 unspecified atom stereocenters. The quantitative estimate of drug-likeness (QED) is 0.0228. The minimum Gasteiger partial charge on any atom is -0.479 e. The summed E-state index contributed by atoms with van der Waals surface area (Å²) in [6.07, 6.45) is 49.5. The fourth-order valence-corrected chi connectivity index (χ4v) is 9.24. The highest BCUT2D eigenvalue weighted by molar-refractivity contribution is 5.74. The van der Waals surface area contributed by atoms with Crippen molar-refractivity contribution in [2.45, 2.75) is 314 Å². The Bertz CT molecular complexity index is 1490. The lowest BCUT2D eigenvalue weighted by molar-refractivity contribution is -0.301. The van der Waals surface area contributed by atoms with Crippen molar-refractivity contribution >= 4 is 23.9 Å². The fourth-order valence-electron chi connectivity index (χ4n) is 9.24. The van der Waals surface area contributed by atoms with Gasteiger partial charge in [0.05, 0.1) is 6.61 Å². The zero-order valence-electron chi connectivity index (χ0n) is 47.8. The SMILES string of the molecule is CC/C=C\C/C=C\C/C=C\C/C=C\CCCCCCCCC(=O)OC1C(OCC(COC(=O)CCCCCCCCCCCCCCCCCCC)OC(=O)CCCCCCCCCCC)OC(C(=O)O)C(O)C1O. The topological polar surface area (TPSA) is 175 Å². The largest absolute Gasteiger partial charge is 0.479 e. The van der Waals surface area contributed by atoms with Crippen molar-refractivity contribution in [2.24, 2.45) is 0 Å². The summed E-state index contributed by atoms with van der Waals surface area (Å²) in [6.45, 7) is 5.88. The summed E-state index contributed by atoms with van der Waals surface area (Å²) >= 11 is 0. The van der Waals surface area contributed by atoms with Crippen LogP contribution in [0, 0.1) is 0 Å². The van der Waals surface area contributed by atoms with Gasteiger partial charge in [0.15, 0.2) is 24.6 Å². The zero-order valence-corrected chi connectivity index (χ0v) is 47.8. The third-order valence-electron chi connectivity index (χ3n) is 13.9. The summed E-state index contributed by atoms with van der Waals surface area (Å²) in [7, 11) is 0. The van der Waals surface area contributed by atoms with E-state index in [9.17, 15) is 34.5 Å². The maximum Gasteiger partial charge on any atom is 0.335 e. The molecule has 434 valence electrons. The molecule has 0 aromatic rings. The molecule has 1 aliphatic rings. The second-order valence-corrected chi connectivity index (χ2v) is 21.0. The number of carbonyl (C=O) groups excluding carboxylic acids is 3. The van der Waals surface area contributed by atoms with E-state index in [4.69, 9.17) is 23.7 Å². The summed E-state index contributed by atoms with van der Waals surface area (Å²) in [4.78, 5) is 51.1. The number of aliphatic carboxylic acids is 1. The number of ether oxygens (including phenoxy) is 5. The third-order valence-corrected chi connectivity index (χ3v) is 13.9. The second-order valence-electron chi connectivity index (χ2n) is 21.0. The van der Waals surface area contributed by atoms with E-state index < -0.39 is 67.3 Å². The Kier molecular flexibility index (Phi) is 47.8. The molecule has 1 fully saturated rings. The van der Waals surface area contributed by atoms with Crippen LogP contribution in [0.15, 0.2) is 48.6 Å². The van der Waals surface area contributed by atoms with Crippen LogP contribution in [0.2, 0.25) is 0 Å². The number of hydrogen-bond acceptors (Lipinski definition) is 11. The van der Waals surface area contributed by atoms with E-state index in [1.54, 1.807) is 0 Å². The standard InChI is InChI=1S/C63H110O12/c1-4-7-10-13-16-19-21-23-25-27-28-30-32-34-36-39-42-45-48-51-57(66)74-61-59(68)58(67)60(62(69)70)75-63(61)72-53-54(73-56(65)50-47-44-41-37-18-15-12-9-6-3)52-71-55(64)49-46-43-40-38-35-33-31-29-26-24-22-20-17-14-11-8-5-2/h7,10,16,19,23,25,28,30,54,58-61,63,67-68H,4-6,8-9,11-15,17-18,20-22,24,26-27,29,31-53H2,1-3H3,(H,69,70)/b10-7-,19-16-,25-23-,30-28-. The first-order chi connectivity index (χ1) is 36.6. The van der Waals surface area contributed by atoms with Crippen LogP contribution in [0.25, 0.3) is 0 Å². The van der Waals surface area contributed by atoms with E-state index in [0.29, 0.717) is 19.3 Å². The van der Waals surface area contributed by atoms with Gasteiger partial charge in [-0.05, 0) is 57.8 Å². The summed E-state index contributed by atoms with van der Waals surface area (Å²) in [6, 6.07) is 0. The van der Waals surface area contributed by atoms with Crippen LogP contribution in [0.1, 0.15) is 278 Å². The molecular formula is C63H110O12.